The Hall–Kier alpha value is -1.64. The number of nitrogens with two attached hydrogens (primary N) is 1. The minimum Gasteiger partial charge on any atom is -0.379 e. The molecule has 2 rings (SSSR count). The molecule has 0 bridgehead atoms. The average molecular weight is 255 g/mol. The van der Waals surface area contributed by atoms with E-state index in [1.165, 1.54) is 0 Å². The first-order chi connectivity index (χ1) is 9.19. The quantitative estimate of drug-likeness (QED) is 0.862. The van der Waals surface area contributed by atoms with Crippen LogP contribution in [-0.2, 0) is 5.60 Å². The molecule has 0 spiro atoms. The van der Waals surface area contributed by atoms with Crippen LogP contribution in [0.4, 0.5) is 0 Å². The zero-order valence-electron chi connectivity index (χ0n) is 11.3. The lowest BCUT2D eigenvalue weighted by molar-refractivity contribution is 0.0483. The van der Waals surface area contributed by atoms with E-state index in [-0.39, 0.29) is 6.04 Å². The summed E-state index contributed by atoms with van der Waals surface area (Å²) >= 11 is 0. The van der Waals surface area contributed by atoms with Gasteiger partial charge in [-0.1, -0.05) is 74.0 Å². The largest absolute Gasteiger partial charge is 0.379 e. The molecule has 2 aromatic rings. The Morgan fingerprint density at radius 2 is 1.37 bits per heavy atom. The molecule has 0 saturated carbocycles. The molecular weight excluding hydrogens is 234 g/mol. The van der Waals surface area contributed by atoms with E-state index in [0.717, 1.165) is 24.0 Å². The average Bonchev–Trinajstić information content (AvgIpc) is 2.48. The lowest BCUT2D eigenvalue weighted by Crippen LogP contribution is -2.46. The molecule has 100 valence electrons. The van der Waals surface area contributed by atoms with Crippen LogP contribution in [0.2, 0.25) is 0 Å². The standard InChI is InChI=1S/C17H21NO/c1-2-9-16(18)17(19,14-10-5-3-6-11-14)15-12-7-4-8-13-15/h3-8,10-13,16,19H,2,9,18H2,1H3/t16-/m0/s1. The molecule has 0 aromatic heterocycles. The molecule has 0 aliphatic rings. The van der Waals surface area contributed by atoms with Crippen LogP contribution in [0.1, 0.15) is 30.9 Å². The summed E-state index contributed by atoms with van der Waals surface area (Å²) in [5, 5.41) is 11.2. The summed E-state index contributed by atoms with van der Waals surface area (Å²) in [6.07, 6.45) is 1.73. The third-order valence-electron chi connectivity index (χ3n) is 3.56. The molecule has 3 N–H and O–H groups in total. The molecule has 19 heavy (non-hydrogen) atoms. The molecule has 2 nitrogen and oxygen atoms in total. The van der Waals surface area contributed by atoms with Gasteiger partial charge in [-0.2, -0.15) is 0 Å². The maximum atomic E-state index is 11.2. The molecule has 0 fully saturated rings. The molecule has 0 aliphatic carbocycles. The Labute approximate surface area is 114 Å². The Morgan fingerprint density at radius 3 is 1.74 bits per heavy atom. The summed E-state index contributed by atoms with van der Waals surface area (Å²) in [7, 11) is 0. The first-order valence-corrected chi connectivity index (χ1v) is 6.78. The fraction of sp³-hybridized carbons (Fsp3) is 0.294. The maximum Gasteiger partial charge on any atom is 0.130 e. The number of aliphatic hydroxyl groups is 1. The van der Waals surface area contributed by atoms with Gasteiger partial charge in [0.25, 0.3) is 0 Å². The molecule has 1 atom stereocenters. The summed E-state index contributed by atoms with van der Waals surface area (Å²) in [5.74, 6) is 0. The minimum absolute atomic E-state index is 0.317. The zero-order chi connectivity index (χ0) is 13.7. The number of rotatable bonds is 5. The van der Waals surface area contributed by atoms with Crippen molar-refractivity contribution < 1.29 is 5.11 Å². The van der Waals surface area contributed by atoms with E-state index >= 15 is 0 Å². The number of hydrogen-bond acceptors (Lipinski definition) is 2. The second-order valence-electron chi connectivity index (χ2n) is 4.89. The fourth-order valence-corrected chi connectivity index (χ4v) is 2.50. The fourth-order valence-electron chi connectivity index (χ4n) is 2.50. The van der Waals surface area contributed by atoms with E-state index < -0.39 is 5.60 Å². The highest BCUT2D eigenvalue weighted by Gasteiger charge is 2.37. The molecule has 0 amide bonds. The summed E-state index contributed by atoms with van der Waals surface area (Å²) in [6, 6.07) is 19.0. The second kappa shape index (κ2) is 6.00. The molecular formula is C17H21NO. The predicted octanol–water partition coefficient (Wildman–Crippen LogP) is 3.05. The van der Waals surface area contributed by atoms with Crippen molar-refractivity contribution in [1.82, 2.24) is 0 Å². The molecule has 0 heterocycles. The van der Waals surface area contributed by atoms with Gasteiger partial charge in [-0.15, -0.1) is 0 Å². The molecule has 2 aromatic carbocycles. The smallest absolute Gasteiger partial charge is 0.130 e. The zero-order valence-corrected chi connectivity index (χ0v) is 11.3. The molecule has 0 saturated heterocycles. The Bertz CT molecular complexity index is 456. The summed E-state index contributed by atoms with van der Waals surface area (Å²) in [4.78, 5) is 0. The van der Waals surface area contributed by atoms with Gasteiger partial charge in [0.15, 0.2) is 0 Å². The van der Waals surface area contributed by atoms with E-state index in [1.54, 1.807) is 0 Å². The third kappa shape index (κ3) is 2.70. The van der Waals surface area contributed by atoms with Crippen LogP contribution in [0.15, 0.2) is 60.7 Å². The van der Waals surface area contributed by atoms with Crippen LogP contribution < -0.4 is 5.73 Å². The van der Waals surface area contributed by atoms with Gasteiger partial charge in [-0.3, -0.25) is 0 Å². The lowest BCUT2D eigenvalue weighted by atomic mass is 9.79. The normalized spacial score (nSPS) is 13.2. The molecule has 0 unspecified atom stereocenters. The second-order valence-corrected chi connectivity index (χ2v) is 4.89. The van der Waals surface area contributed by atoms with Gasteiger partial charge in [0.1, 0.15) is 5.60 Å². The third-order valence-corrected chi connectivity index (χ3v) is 3.56. The summed E-state index contributed by atoms with van der Waals surface area (Å²) in [6.45, 7) is 2.08. The summed E-state index contributed by atoms with van der Waals surface area (Å²) in [5.41, 5.74) is 6.85. The van der Waals surface area contributed by atoms with Crippen molar-refractivity contribution in [3.63, 3.8) is 0 Å². The first kappa shape index (κ1) is 13.8. The van der Waals surface area contributed by atoms with E-state index in [0.29, 0.717) is 0 Å². The van der Waals surface area contributed by atoms with E-state index in [2.05, 4.69) is 6.92 Å². The first-order valence-electron chi connectivity index (χ1n) is 6.78. The van der Waals surface area contributed by atoms with Crippen molar-refractivity contribution >= 4 is 0 Å². The monoisotopic (exact) mass is 255 g/mol. The van der Waals surface area contributed by atoms with Crippen molar-refractivity contribution in [1.29, 1.82) is 0 Å². The topological polar surface area (TPSA) is 46.2 Å². The Morgan fingerprint density at radius 1 is 0.947 bits per heavy atom. The van der Waals surface area contributed by atoms with Crippen LogP contribution in [0.25, 0.3) is 0 Å². The van der Waals surface area contributed by atoms with Gasteiger partial charge >= 0.3 is 0 Å². The molecule has 2 heteroatoms. The number of hydrogen-bond donors (Lipinski definition) is 2. The highest BCUT2D eigenvalue weighted by atomic mass is 16.3. The van der Waals surface area contributed by atoms with Crippen molar-refractivity contribution in [2.75, 3.05) is 0 Å². The lowest BCUT2D eigenvalue weighted by Gasteiger charge is -2.35. The summed E-state index contributed by atoms with van der Waals surface area (Å²) < 4.78 is 0. The van der Waals surface area contributed by atoms with Crippen molar-refractivity contribution in [3.05, 3.63) is 71.8 Å². The van der Waals surface area contributed by atoms with Crippen LogP contribution in [0, 0.1) is 0 Å². The van der Waals surface area contributed by atoms with E-state index in [1.807, 2.05) is 60.7 Å². The van der Waals surface area contributed by atoms with E-state index in [9.17, 15) is 5.11 Å². The van der Waals surface area contributed by atoms with Crippen molar-refractivity contribution in [2.45, 2.75) is 31.4 Å². The van der Waals surface area contributed by atoms with Gasteiger partial charge in [0, 0.05) is 6.04 Å². The van der Waals surface area contributed by atoms with Crippen LogP contribution in [0.3, 0.4) is 0 Å². The SMILES string of the molecule is CCC[C@H](N)C(O)(c1ccccc1)c1ccccc1. The Kier molecular flexibility index (Phi) is 4.35. The van der Waals surface area contributed by atoms with Crippen LogP contribution in [0.5, 0.6) is 0 Å². The highest BCUT2D eigenvalue weighted by Crippen LogP contribution is 2.33. The van der Waals surface area contributed by atoms with Gasteiger partial charge in [0.05, 0.1) is 0 Å². The minimum atomic E-state index is -1.13. The van der Waals surface area contributed by atoms with Gasteiger partial charge in [-0.25, -0.2) is 0 Å². The van der Waals surface area contributed by atoms with Crippen LogP contribution >= 0.6 is 0 Å². The maximum absolute atomic E-state index is 11.2. The number of benzene rings is 2. The van der Waals surface area contributed by atoms with Crippen molar-refractivity contribution in [2.24, 2.45) is 5.73 Å². The molecule has 0 radical (unpaired) electrons. The van der Waals surface area contributed by atoms with E-state index in [4.69, 9.17) is 5.73 Å². The van der Waals surface area contributed by atoms with Crippen molar-refractivity contribution in [3.8, 4) is 0 Å². The predicted molar refractivity (Wildman–Crippen MR) is 78.8 cm³/mol. The van der Waals surface area contributed by atoms with Gasteiger partial charge in [-0.05, 0) is 17.5 Å². The highest BCUT2D eigenvalue weighted by molar-refractivity contribution is 5.37. The Balaban J connectivity index is 2.51. The van der Waals surface area contributed by atoms with Crippen LogP contribution in [-0.4, -0.2) is 11.1 Å². The van der Waals surface area contributed by atoms with Gasteiger partial charge < -0.3 is 10.8 Å². The van der Waals surface area contributed by atoms with Gasteiger partial charge in [0.2, 0.25) is 0 Å². The molecule has 0 aliphatic heterocycles.